The van der Waals surface area contributed by atoms with E-state index in [4.69, 9.17) is 4.74 Å². The first-order valence-corrected chi connectivity index (χ1v) is 33.4. The number of ether oxygens (including phenoxy) is 1. The zero-order chi connectivity index (χ0) is 52.9. The van der Waals surface area contributed by atoms with Crippen molar-refractivity contribution in [2.45, 2.75) is 392 Å². The minimum atomic E-state index is -0.665. The number of rotatable bonds is 63. The quantitative estimate of drug-likeness (QED) is 0.0320. The van der Waals surface area contributed by atoms with Gasteiger partial charge in [-0.05, 0) is 51.4 Å². The standard InChI is InChI=1S/C67H131NO5/c1-3-5-7-9-11-13-15-16-17-18-27-30-33-36-40-43-47-51-55-59-65(70)64(63-69)68-66(71)60-56-52-48-44-41-37-34-31-28-25-23-21-19-20-22-24-26-29-32-35-38-42-46-50-54-58-62-73-67(72)61-57-53-49-45-39-14-12-10-8-6-4-2/h19,21,64-65,69-70H,3-18,20,22-63H2,1-2H3,(H,68,71)/b21-19-. The highest BCUT2D eigenvalue weighted by Gasteiger charge is 2.20. The molecule has 3 N–H and O–H groups in total. The molecule has 0 saturated carbocycles. The summed E-state index contributed by atoms with van der Waals surface area (Å²) < 4.78 is 5.47. The smallest absolute Gasteiger partial charge is 0.305 e. The van der Waals surface area contributed by atoms with E-state index in [1.165, 1.54) is 308 Å². The topological polar surface area (TPSA) is 95.9 Å². The van der Waals surface area contributed by atoms with Crippen LogP contribution < -0.4 is 5.32 Å². The molecule has 6 heteroatoms. The lowest BCUT2D eigenvalue weighted by atomic mass is 10.0. The number of carbonyl (C=O) groups is 2. The molecule has 0 aromatic carbocycles. The first-order valence-electron chi connectivity index (χ1n) is 33.4. The van der Waals surface area contributed by atoms with Crippen molar-refractivity contribution in [3.63, 3.8) is 0 Å². The van der Waals surface area contributed by atoms with E-state index >= 15 is 0 Å². The van der Waals surface area contributed by atoms with E-state index in [-0.39, 0.29) is 18.5 Å². The molecule has 0 aliphatic carbocycles. The Kier molecular flexibility index (Phi) is 61.9. The van der Waals surface area contributed by atoms with E-state index in [1.807, 2.05) is 0 Å². The SMILES string of the molecule is CCCCCCCCCCCCCCCCCCCCCC(O)C(CO)NC(=O)CCCCCCCCCCCC/C=C\CCCCCCCCCCCCCCOC(=O)CCCCCCCCCCCCC. The Hall–Kier alpha value is -1.40. The highest BCUT2D eigenvalue weighted by Crippen LogP contribution is 2.19. The number of hydrogen-bond donors (Lipinski definition) is 3. The van der Waals surface area contributed by atoms with Gasteiger partial charge in [0.2, 0.25) is 5.91 Å². The molecule has 0 radical (unpaired) electrons. The molecule has 6 nitrogen and oxygen atoms in total. The summed E-state index contributed by atoms with van der Waals surface area (Å²) in [4.78, 5) is 24.5. The van der Waals surface area contributed by atoms with Gasteiger partial charge in [0.15, 0.2) is 0 Å². The van der Waals surface area contributed by atoms with Crippen LogP contribution in [0.4, 0.5) is 0 Å². The Labute approximate surface area is 457 Å². The molecule has 2 unspecified atom stereocenters. The second-order valence-corrected chi connectivity index (χ2v) is 23.2. The van der Waals surface area contributed by atoms with Gasteiger partial charge in [0, 0.05) is 12.8 Å². The van der Waals surface area contributed by atoms with Crippen molar-refractivity contribution in [3.8, 4) is 0 Å². The summed E-state index contributed by atoms with van der Waals surface area (Å²) in [5.41, 5.74) is 0. The molecule has 2 atom stereocenters. The van der Waals surface area contributed by atoms with Gasteiger partial charge in [-0.1, -0.05) is 328 Å². The fourth-order valence-electron chi connectivity index (χ4n) is 10.7. The molecular weight excluding hydrogens is 899 g/mol. The van der Waals surface area contributed by atoms with Crippen molar-refractivity contribution < 1.29 is 24.5 Å². The summed E-state index contributed by atoms with van der Waals surface area (Å²) in [6.45, 7) is 4.98. The number of aliphatic hydroxyl groups excluding tert-OH is 2. The van der Waals surface area contributed by atoms with E-state index < -0.39 is 12.1 Å². The highest BCUT2D eigenvalue weighted by molar-refractivity contribution is 5.76. The van der Waals surface area contributed by atoms with Crippen LogP contribution in [0, 0.1) is 0 Å². The molecule has 0 aliphatic rings. The van der Waals surface area contributed by atoms with Crippen molar-refractivity contribution in [1.29, 1.82) is 0 Å². The zero-order valence-electron chi connectivity index (χ0n) is 49.6. The van der Waals surface area contributed by atoms with Crippen LogP contribution in [0.3, 0.4) is 0 Å². The number of hydrogen-bond acceptors (Lipinski definition) is 5. The summed E-state index contributed by atoms with van der Waals surface area (Å²) in [6.07, 6.45) is 76.7. The number of amides is 1. The summed E-state index contributed by atoms with van der Waals surface area (Å²) in [7, 11) is 0. The molecule has 0 saturated heterocycles. The Morgan fingerprint density at radius 3 is 0.973 bits per heavy atom. The molecule has 0 aliphatic heterocycles. The third kappa shape index (κ3) is 59.7. The van der Waals surface area contributed by atoms with Gasteiger partial charge in [-0.2, -0.15) is 0 Å². The summed E-state index contributed by atoms with van der Waals surface area (Å²) in [5, 5.41) is 23.4. The number of unbranched alkanes of at least 4 members (excludes halogenated alkanes) is 50. The Morgan fingerprint density at radius 2 is 0.644 bits per heavy atom. The molecule has 0 fully saturated rings. The second kappa shape index (κ2) is 63.1. The highest BCUT2D eigenvalue weighted by atomic mass is 16.5. The van der Waals surface area contributed by atoms with E-state index in [0.29, 0.717) is 25.9 Å². The fraction of sp³-hybridized carbons (Fsp3) is 0.940. The number of esters is 1. The molecule has 0 aromatic heterocycles. The van der Waals surface area contributed by atoms with Crippen molar-refractivity contribution >= 4 is 11.9 Å². The van der Waals surface area contributed by atoms with Crippen LogP contribution in [0.1, 0.15) is 380 Å². The first kappa shape index (κ1) is 71.6. The van der Waals surface area contributed by atoms with Crippen LogP contribution in [0.2, 0.25) is 0 Å². The monoisotopic (exact) mass is 1030 g/mol. The molecule has 1 amide bonds. The Morgan fingerprint density at radius 1 is 0.370 bits per heavy atom. The third-order valence-electron chi connectivity index (χ3n) is 15.8. The molecule has 0 rings (SSSR count). The van der Waals surface area contributed by atoms with Crippen LogP contribution in [0.15, 0.2) is 12.2 Å². The number of carbonyl (C=O) groups excluding carboxylic acids is 2. The lowest BCUT2D eigenvalue weighted by Crippen LogP contribution is -2.45. The van der Waals surface area contributed by atoms with Crippen LogP contribution in [0.5, 0.6) is 0 Å². The minimum absolute atomic E-state index is 0.0148. The Balaban J connectivity index is 3.39. The maximum absolute atomic E-state index is 12.5. The normalized spacial score (nSPS) is 12.5. The molecule has 0 bridgehead atoms. The van der Waals surface area contributed by atoms with Crippen LogP contribution in [-0.2, 0) is 14.3 Å². The predicted molar refractivity (Wildman–Crippen MR) is 320 cm³/mol. The van der Waals surface area contributed by atoms with Crippen LogP contribution in [0.25, 0.3) is 0 Å². The van der Waals surface area contributed by atoms with Gasteiger partial charge in [-0.25, -0.2) is 0 Å². The summed E-state index contributed by atoms with van der Waals surface area (Å²) >= 11 is 0. The maximum atomic E-state index is 12.5. The van der Waals surface area contributed by atoms with Crippen molar-refractivity contribution in [3.05, 3.63) is 12.2 Å². The fourth-order valence-corrected chi connectivity index (χ4v) is 10.7. The number of nitrogens with one attached hydrogen (secondary N) is 1. The van der Waals surface area contributed by atoms with Crippen LogP contribution in [-0.4, -0.2) is 47.4 Å². The van der Waals surface area contributed by atoms with Gasteiger partial charge in [0.05, 0.1) is 25.4 Å². The van der Waals surface area contributed by atoms with E-state index in [1.54, 1.807) is 0 Å². The Bertz CT molecular complexity index is 1100. The van der Waals surface area contributed by atoms with Gasteiger partial charge < -0.3 is 20.3 Å². The van der Waals surface area contributed by atoms with Crippen molar-refractivity contribution in [2.24, 2.45) is 0 Å². The molecule has 73 heavy (non-hydrogen) atoms. The largest absolute Gasteiger partial charge is 0.466 e. The first-order chi connectivity index (χ1) is 36.0. The van der Waals surface area contributed by atoms with E-state index in [0.717, 1.165) is 38.5 Å². The summed E-state index contributed by atoms with van der Waals surface area (Å²) in [5.74, 6) is -0.0179. The second-order valence-electron chi connectivity index (χ2n) is 23.2. The maximum Gasteiger partial charge on any atom is 0.305 e. The third-order valence-corrected chi connectivity index (χ3v) is 15.8. The molecule has 434 valence electrons. The van der Waals surface area contributed by atoms with Gasteiger partial charge in [0.25, 0.3) is 0 Å². The molecule has 0 aromatic rings. The average molecular weight is 1030 g/mol. The minimum Gasteiger partial charge on any atom is -0.466 e. The molecular formula is C67H131NO5. The van der Waals surface area contributed by atoms with E-state index in [2.05, 4.69) is 31.3 Å². The van der Waals surface area contributed by atoms with Gasteiger partial charge >= 0.3 is 5.97 Å². The average Bonchev–Trinajstić information content (AvgIpc) is 3.39. The molecule has 0 heterocycles. The van der Waals surface area contributed by atoms with Gasteiger partial charge in [-0.15, -0.1) is 0 Å². The lowest BCUT2D eigenvalue weighted by molar-refractivity contribution is -0.143. The summed E-state index contributed by atoms with van der Waals surface area (Å²) in [6, 6.07) is -0.543. The lowest BCUT2D eigenvalue weighted by Gasteiger charge is -2.22. The molecule has 0 spiro atoms. The van der Waals surface area contributed by atoms with Gasteiger partial charge in [0.1, 0.15) is 0 Å². The number of aliphatic hydroxyl groups is 2. The number of allylic oxidation sites excluding steroid dienone is 2. The van der Waals surface area contributed by atoms with Gasteiger partial charge in [-0.3, -0.25) is 9.59 Å². The zero-order valence-corrected chi connectivity index (χ0v) is 49.6. The van der Waals surface area contributed by atoms with E-state index in [9.17, 15) is 19.8 Å². The van der Waals surface area contributed by atoms with Crippen molar-refractivity contribution in [1.82, 2.24) is 5.32 Å². The van der Waals surface area contributed by atoms with Crippen LogP contribution >= 0.6 is 0 Å². The predicted octanol–water partition coefficient (Wildman–Crippen LogP) is 21.2. The van der Waals surface area contributed by atoms with Crippen molar-refractivity contribution in [2.75, 3.05) is 13.2 Å².